The Morgan fingerprint density at radius 3 is 2.97 bits per heavy atom. The Morgan fingerprint density at radius 2 is 2.23 bits per heavy atom. The highest BCUT2D eigenvalue weighted by Crippen LogP contribution is 2.41. The van der Waals surface area contributed by atoms with Crippen molar-refractivity contribution >= 4 is 30.1 Å². The molecule has 7 nitrogen and oxygen atoms in total. The lowest BCUT2D eigenvalue weighted by Crippen LogP contribution is -2.51. The maximum atomic E-state index is 14.6. The van der Waals surface area contributed by atoms with Crippen LogP contribution in [0.2, 0.25) is 0 Å². The lowest BCUT2D eigenvalue weighted by Gasteiger charge is -2.43. The van der Waals surface area contributed by atoms with Crippen molar-refractivity contribution in [2.75, 3.05) is 0 Å². The van der Waals surface area contributed by atoms with Gasteiger partial charge in [0, 0.05) is 11.4 Å². The van der Waals surface area contributed by atoms with E-state index in [0.717, 1.165) is 37.3 Å². The first kappa shape index (κ1) is 19.6. The summed E-state index contributed by atoms with van der Waals surface area (Å²) in [4.78, 5) is 19.7. The third-order valence-electron chi connectivity index (χ3n) is 6.39. The lowest BCUT2D eigenvalue weighted by molar-refractivity contribution is -0.111. The number of H-pyrrole nitrogens is 1. The van der Waals surface area contributed by atoms with Crippen molar-refractivity contribution < 1.29 is 13.6 Å². The zero-order valence-corrected chi connectivity index (χ0v) is 16.7. The molecule has 9 heteroatoms. The number of aldehydes is 1. The van der Waals surface area contributed by atoms with Crippen LogP contribution in [-0.2, 0) is 11.3 Å². The highest BCUT2D eigenvalue weighted by molar-refractivity contribution is 5.84. The fourth-order valence-corrected chi connectivity index (χ4v) is 4.86. The number of benzene rings is 1. The molecular formula is C22H22F2N6O. The van der Waals surface area contributed by atoms with Crippen molar-refractivity contribution in [1.29, 1.82) is 0 Å². The highest BCUT2D eigenvalue weighted by atomic mass is 19.1. The second kappa shape index (κ2) is 7.72. The Labute approximate surface area is 177 Å². The topological polar surface area (TPSA) is 94.5 Å². The van der Waals surface area contributed by atoms with Gasteiger partial charge in [0.1, 0.15) is 17.6 Å². The number of allylic oxidation sites excluding steroid dienone is 2. The molecule has 3 aliphatic carbocycles. The van der Waals surface area contributed by atoms with E-state index < -0.39 is 17.8 Å². The van der Waals surface area contributed by atoms with Crippen LogP contribution in [0.5, 0.6) is 0 Å². The molecule has 1 aliphatic heterocycles. The highest BCUT2D eigenvalue weighted by Gasteiger charge is 2.40. The molecule has 4 aliphatic rings. The van der Waals surface area contributed by atoms with Gasteiger partial charge in [-0.3, -0.25) is 15.1 Å². The van der Waals surface area contributed by atoms with Gasteiger partial charge < -0.3 is 15.4 Å². The molecule has 1 aromatic carbocycles. The number of fused-ring (bicyclic) bond motifs is 4. The fourth-order valence-electron chi connectivity index (χ4n) is 4.86. The van der Waals surface area contributed by atoms with E-state index in [-0.39, 0.29) is 35.8 Å². The molecule has 2 aromatic rings. The van der Waals surface area contributed by atoms with Crippen molar-refractivity contribution in [2.45, 2.75) is 38.0 Å². The summed E-state index contributed by atoms with van der Waals surface area (Å²) in [5.74, 6) is -0.829. The summed E-state index contributed by atoms with van der Waals surface area (Å²) >= 11 is 0. The maximum absolute atomic E-state index is 14.6. The number of aromatic nitrogens is 2. The third kappa shape index (κ3) is 3.34. The smallest absolute Gasteiger partial charge is 0.180 e. The van der Waals surface area contributed by atoms with Gasteiger partial charge in [0.15, 0.2) is 17.8 Å². The van der Waals surface area contributed by atoms with Gasteiger partial charge >= 0.3 is 0 Å². The summed E-state index contributed by atoms with van der Waals surface area (Å²) in [5.41, 5.74) is 2.47. The largest absolute Gasteiger partial charge is 0.365 e. The number of carbonyl (C=O) groups is 1. The Kier molecular flexibility index (Phi) is 4.88. The van der Waals surface area contributed by atoms with E-state index >= 15 is 0 Å². The number of rotatable bonds is 6. The zero-order chi connectivity index (χ0) is 21.5. The van der Waals surface area contributed by atoms with Crippen LogP contribution in [0.3, 0.4) is 0 Å². The van der Waals surface area contributed by atoms with Gasteiger partial charge in [-0.25, -0.2) is 8.78 Å². The molecule has 0 amide bonds. The molecule has 0 saturated heterocycles. The standard InChI is InChI=1S/C22H22F2N6O/c1-25-8-11-6-14-19(16(23)7-11)29-30-20(14)22-26-9-17(24)21(28-22)27-18-13-4-2-12(3-5-13)15(18)10-31/h2,6-7,9-10,13,15,18,22,27-28H,1,3-5,8H2,(H,29,30)/t13-,15?,18+,22?/m1/s1. The first-order valence-electron chi connectivity index (χ1n) is 10.3. The molecule has 31 heavy (non-hydrogen) atoms. The summed E-state index contributed by atoms with van der Waals surface area (Å²) in [6.45, 7) is 3.72. The van der Waals surface area contributed by atoms with Crippen LogP contribution in [0.25, 0.3) is 10.9 Å². The Bertz CT molecular complexity index is 1150. The second-order valence-corrected chi connectivity index (χ2v) is 8.19. The molecule has 160 valence electrons. The summed E-state index contributed by atoms with van der Waals surface area (Å²) in [6.07, 6.45) is 6.31. The third-order valence-corrected chi connectivity index (χ3v) is 6.39. The van der Waals surface area contributed by atoms with Crippen molar-refractivity contribution in [3.63, 3.8) is 0 Å². The van der Waals surface area contributed by atoms with E-state index in [9.17, 15) is 13.6 Å². The molecule has 4 atom stereocenters. The van der Waals surface area contributed by atoms with E-state index in [1.807, 2.05) is 0 Å². The van der Waals surface area contributed by atoms with Gasteiger partial charge in [0.25, 0.3) is 0 Å². The predicted molar refractivity (Wildman–Crippen MR) is 114 cm³/mol. The van der Waals surface area contributed by atoms with E-state index in [1.54, 1.807) is 6.07 Å². The van der Waals surface area contributed by atoms with Gasteiger partial charge in [0.05, 0.1) is 24.4 Å². The number of hydrogen-bond acceptors (Lipinski definition) is 6. The number of halogens is 2. The number of aliphatic imine (C=N–C) groups is 2. The first-order valence-corrected chi connectivity index (χ1v) is 10.3. The number of aromatic amines is 1. The number of nitrogens with zero attached hydrogens (tertiary/aromatic N) is 3. The molecule has 0 spiro atoms. The average Bonchev–Trinajstić information content (AvgIpc) is 3.21. The summed E-state index contributed by atoms with van der Waals surface area (Å²) in [5, 5.41) is 13.7. The monoisotopic (exact) mass is 424 g/mol. The number of nitrogens with one attached hydrogen (secondary N) is 3. The van der Waals surface area contributed by atoms with E-state index in [0.29, 0.717) is 16.6 Å². The molecule has 3 N–H and O–H groups in total. The van der Waals surface area contributed by atoms with Gasteiger partial charge in [0.2, 0.25) is 0 Å². The van der Waals surface area contributed by atoms with Crippen LogP contribution < -0.4 is 10.6 Å². The Balaban J connectivity index is 1.43. The van der Waals surface area contributed by atoms with E-state index in [2.05, 4.69) is 43.6 Å². The van der Waals surface area contributed by atoms with Gasteiger partial charge in [-0.2, -0.15) is 5.10 Å². The fraction of sp³-hybridized carbons (Fsp3) is 0.364. The van der Waals surface area contributed by atoms with Crippen LogP contribution in [0.4, 0.5) is 8.78 Å². The molecule has 6 rings (SSSR count). The van der Waals surface area contributed by atoms with Crippen LogP contribution in [-0.4, -0.2) is 35.5 Å². The van der Waals surface area contributed by atoms with Crippen molar-refractivity contribution in [1.82, 2.24) is 20.8 Å². The Hall–Kier alpha value is -3.36. The van der Waals surface area contributed by atoms with Crippen LogP contribution >= 0.6 is 0 Å². The quantitative estimate of drug-likeness (QED) is 0.377. The van der Waals surface area contributed by atoms with Gasteiger partial charge in [-0.1, -0.05) is 11.6 Å². The summed E-state index contributed by atoms with van der Waals surface area (Å²) in [7, 11) is 0. The van der Waals surface area contributed by atoms with Crippen LogP contribution in [0.1, 0.15) is 36.7 Å². The minimum absolute atomic E-state index is 0.173. The minimum atomic E-state index is -0.687. The summed E-state index contributed by atoms with van der Waals surface area (Å²) in [6, 6.07) is 2.98. The molecule has 2 heterocycles. The van der Waals surface area contributed by atoms with Gasteiger partial charge in [-0.15, -0.1) is 0 Å². The van der Waals surface area contributed by atoms with Gasteiger partial charge in [-0.05, 0) is 49.6 Å². The molecular weight excluding hydrogens is 402 g/mol. The average molecular weight is 424 g/mol. The number of carbonyl (C=O) groups excluding carboxylic acids is 1. The molecule has 0 radical (unpaired) electrons. The summed E-state index contributed by atoms with van der Waals surface area (Å²) < 4.78 is 29.1. The normalized spacial score (nSPS) is 27.2. The molecule has 1 aromatic heterocycles. The van der Waals surface area contributed by atoms with Crippen LogP contribution in [0.15, 0.2) is 45.4 Å². The maximum Gasteiger partial charge on any atom is 0.180 e. The molecule has 1 fully saturated rings. The second-order valence-electron chi connectivity index (χ2n) is 8.19. The Morgan fingerprint density at radius 1 is 1.35 bits per heavy atom. The van der Waals surface area contributed by atoms with Crippen molar-refractivity contribution in [2.24, 2.45) is 21.8 Å². The minimum Gasteiger partial charge on any atom is -0.365 e. The van der Waals surface area contributed by atoms with E-state index in [1.165, 1.54) is 6.07 Å². The molecule has 2 bridgehead atoms. The lowest BCUT2D eigenvalue weighted by atomic mass is 9.68. The molecule has 1 saturated carbocycles. The van der Waals surface area contributed by atoms with Crippen LogP contribution in [0, 0.1) is 17.7 Å². The SMILES string of the molecule is C=NCc1cc(F)c2n[nH]c(C3N=CC(F)=C(N[C@@H]4C(C=O)C5=CC[C@@H]4CC5)N3)c2c1. The van der Waals surface area contributed by atoms with Crippen molar-refractivity contribution in [3.8, 4) is 0 Å². The first-order chi connectivity index (χ1) is 15.1. The predicted octanol–water partition coefficient (Wildman–Crippen LogP) is 3.23. The van der Waals surface area contributed by atoms with E-state index in [4.69, 9.17) is 0 Å². The zero-order valence-electron chi connectivity index (χ0n) is 16.7. The van der Waals surface area contributed by atoms with Crippen molar-refractivity contribution in [3.05, 3.63) is 52.5 Å². The molecule has 2 unspecified atom stereocenters. The number of hydrogen-bond donors (Lipinski definition) is 3.